The predicted octanol–water partition coefficient (Wildman–Crippen LogP) is 1.05. The van der Waals surface area contributed by atoms with Gasteiger partial charge in [-0.05, 0) is 13.0 Å². The van der Waals surface area contributed by atoms with Gasteiger partial charge in [0.25, 0.3) is 0 Å². The highest BCUT2D eigenvalue weighted by Crippen LogP contribution is 1.99. The Kier molecular flexibility index (Phi) is 7.62. The van der Waals surface area contributed by atoms with Gasteiger partial charge in [-0.15, -0.1) is 0 Å². The van der Waals surface area contributed by atoms with Gasteiger partial charge in [-0.2, -0.15) is 0 Å². The summed E-state index contributed by atoms with van der Waals surface area (Å²) in [6.07, 6.45) is 4.90. The number of methoxy groups -OCH3 is 1. The van der Waals surface area contributed by atoms with Gasteiger partial charge in [0.05, 0.1) is 31.8 Å². The van der Waals surface area contributed by atoms with Gasteiger partial charge in [0.1, 0.15) is 0 Å². The fourth-order valence-corrected chi connectivity index (χ4v) is 1.50. The van der Waals surface area contributed by atoms with Crippen molar-refractivity contribution < 1.29 is 9.47 Å². The summed E-state index contributed by atoms with van der Waals surface area (Å²) in [5.74, 6) is 0. The molecular weight excluding hydrogens is 218 g/mol. The van der Waals surface area contributed by atoms with Crippen LogP contribution in [0.15, 0.2) is 12.5 Å². The second-order valence-electron chi connectivity index (χ2n) is 3.86. The standard InChI is InChI=1S/C12H23N3O2/c1-3-4-13-9-12-10-14-11-15(12)5-6-17-8-7-16-2/h10-11,13H,3-9H2,1-2H3. The van der Waals surface area contributed by atoms with E-state index in [1.807, 2.05) is 12.5 Å². The monoisotopic (exact) mass is 241 g/mol. The fourth-order valence-electron chi connectivity index (χ4n) is 1.50. The number of aromatic nitrogens is 2. The van der Waals surface area contributed by atoms with Gasteiger partial charge in [0.15, 0.2) is 0 Å². The first-order chi connectivity index (χ1) is 8.38. The van der Waals surface area contributed by atoms with E-state index in [0.717, 1.165) is 26.1 Å². The molecule has 0 unspecified atom stereocenters. The van der Waals surface area contributed by atoms with E-state index in [1.165, 1.54) is 5.69 Å². The van der Waals surface area contributed by atoms with Crippen molar-refractivity contribution >= 4 is 0 Å². The molecule has 98 valence electrons. The number of nitrogens with one attached hydrogen (secondary N) is 1. The molecular formula is C12H23N3O2. The highest BCUT2D eigenvalue weighted by atomic mass is 16.5. The lowest BCUT2D eigenvalue weighted by Gasteiger charge is -2.09. The van der Waals surface area contributed by atoms with Gasteiger partial charge < -0.3 is 19.4 Å². The van der Waals surface area contributed by atoms with Crippen molar-refractivity contribution in [1.29, 1.82) is 0 Å². The highest BCUT2D eigenvalue weighted by Gasteiger charge is 2.00. The molecule has 1 N–H and O–H groups in total. The third-order valence-electron chi connectivity index (χ3n) is 2.44. The van der Waals surface area contributed by atoms with Gasteiger partial charge >= 0.3 is 0 Å². The van der Waals surface area contributed by atoms with E-state index in [9.17, 15) is 0 Å². The number of ether oxygens (including phenoxy) is 2. The van der Waals surface area contributed by atoms with Crippen LogP contribution in [0.2, 0.25) is 0 Å². The van der Waals surface area contributed by atoms with Gasteiger partial charge in [0.2, 0.25) is 0 Å². The molecule has 0 saturated carbocycles. The molecule has 1 aromatic heterocycles. The molecule has 17 heavy (non-hydrogen) atoms. The molecule has 0 bridgehead atoms. The fraction of sp³-hybridized carbons (Fsp3) is 0.750. The Morgan fingerprint density at radius 3 is 3.00 bits per heavy atom. The average Bonchev–Trinajstić information content (AvgIpc) is 2.77. The minimum absolute atomic E-state index is 0.647. The average molecular weight is 241 g/mol. The largest absolute Gasteiger partial charge is 0.382 e. The Labute approximate surface area is 103 Å². The minimum Gasteiger partial charge on any atom is -0.382 e. The summed E-state index contributed by atoms with van der Waals surface area (Å²) in [7, 11) is 1.68. The third kappa shape index (κ3) is 5.81. The highest BCUT2D eigenvalue weighted by molar-refractivity contribution is 4.97. The zero-order chi connectivity index (χ0) is 12.3. The van der Waals surface area contributed by atoms with E-state index < -0.39 is 0 Å². The summed E-state index contributed by atoms with van der Waals surface area (Å²) in [4.78, 5) is 4.16. The molecule has 5 heteroatoms. The molecule has 0 aliphatic heterocycles. The van der Waals surface area contributed by atoms with Crippen LogP contribution in [0.25, 0.3) is 0 Å². The van der Waals surface area contributed by atoms with Crippen LogP contribution in [0, 0.1) is 0 Å². The van der Waals surface area contributed by atoms with Crippen molar-refractivity contribution in [2.45, 2.75) is 26.4 Å². The summed E-state index contributed by atoms with van der Waals surface area (Å²) >= 11 is 0. The van der Waals surface area contributed by atoms with Crippen molar-refractivity contribution in [3.63, 3.8) is 0 Å². The third-order valence-corrected chi connectivity index (χ3v) is 2.44. The normalized spacial score (nSPS) is 10.9. The second-order valence-corrected chi connectivity index (χ2v) is 3.86. The molecule has 0 aliphatic carbocycles. The van der Waals surface area contributed by atoms with Crippen LogP contribution in [0.4, 0.5) is 0 Å². The molecule has 0 spiro atoms. The molecule has 0 atom stereocenters. The zero-order valence-corrected chi connectivity index (χ0v) is 10.8. The summed E-state index contributed by atoms with van der Waals surface area (Å²) in [6.45, 7) is 6.90. The number of nitrogens with zero attached hydrogens (tertiary/aromatic N) is 2. The van der Waals surface area contributed by atoms with Crippen LogP contribution in [0.5, 0.6) is 0 Å². The maximum absolute atomic E-state index is 5.43. The van der Waals surface area contributed by atoms with Gasteiger partial charge in [-0.3, -0.25) is 0 Å². The number of rotatable bonds is 10. The Morgan fingerprint density at radius 1 is 1.35 bits per heavy atom. The van der Waals surface area contributed by atoms with E-state index >= 15 is 0 Å². The smallest absolute Gasteiger partial charge is 0.0949 e. The van der Waals surface area contributed by atoms with Gasteiger partial charge in [-0.1, -0.05) is 6.92 Å². The number of hydrogen-bond donors (Lipinski definition) is 1. The maximum Gasteiger partial charge on any atom is 0.0949 e. The van der Waals surface area contributed by atoms with Crippen molar-refractivity contribution in [2.24, 2.45) is 0 Å². The molecule has 1 heterocycles. The SMILES string of the molecule is CCCNCc1cncn1CCOCCOC. The van der Waals surface area contributed by atoms with E-state index in [4.69, 9.17) is 9.47 Å². The zero-order valence-electron chi connectivity index (χ0n) is 10.8. The molecule has 1 aromatic rings. The van der Waals surface area contributed by atoms with Crippen LogP contribution in [-0.2, 0) is 22.6 Å². The molecule has 0 fully saturated rings. The molecule has 0 amide bonds. The van der Waals surface area contributed by atoms with Crippen molar-refractivity contribution in [3.05, 3.63) is 18.2 Å². The molecule has 0 aromatic carbocycles. The van der Waals surface area contributed by atoms with Crippen molar-refractivity contribution in [3.8, 4) is 0 Å². The lowest BCUT2D eigenvalue weighted by molar-refractivity contribution is 0.0663. The summed E-state index contributed by atoms with van der Waals surface area (Å²) in [6, 6.07) is 0. The Morgan fingerprint density at radius 2 is 2.24 bits per heavy atom. The molecule has 5 nitrogen and oxygen atoms in total. The maximum atomic E-state index is 5.43. The van der Waals surface area contributed by atoms with Gasteiger partial charge in [-0.25, -0.2) is 4.98 Å². The first kappa shape index (κ1) is 14.2. The van der Waals surface area contributed by atoms with Crippen LogP contribution in [-0.4, -0.2) is 43.0 Å². The van der Waals surface area contributed by atoms with E-state index in [-0.39, 0.29) is 0 Å². The number of hydrogen-bond acceptors (Lipinski definition) is 4. The molecule has 0 saturated heterocycles. The quantitative estimate of drug-likeness (QED) is 0.622. The first-order valence-corrected chi connectivity index (χ1v) is 6.15. The summed E-state index contributed by atoms with van der Waals surface area (Å²) in [5.41, 5.74) is 1.20. The molecule has 0 radical (unpaired) electrons. The predicted molar refractivity (Wildman–Crippen MR) is 66.9 cm³/mol. The summed E-state index contributed by atoms with van der Waals surface area (Å²) < 4.78 is 12.5. The Balaban J connectivity index is 2.20. The lowest BCUT2D eigenvalue weighted by atomic mass is 10.4. The summed E-state index contributed by atoms with van der Waals surface area (Å²) in [5, 5.41) is 3.37. The van der Waals surface area contributed by atoms with E-state index in [2.05, 4.69) is 21.8 Å². The van der Waals surface area contributed by atoms with Crippen LogP contribution in [0.3, 0.4) is 0 Å². The molecule has 1 rings (SSSR count). The van der Waals surface area contributed by atoms with Gasteiger partial charge in [0, 0.05) is 26.4 Å². The Bertz CT molecular complexity index is 289. The van der Waals surface area contributed by atoms with E-state index in [1.54, 1.807) is 7.11 Å². The molecule has 0 aliphatic rings. The van der Waals surface area contributed by atoms with Crippen LogP contribution in [0.1, 0.15) is 19.0 Å². The second kappa shape index (κ2) is 9.15. The Hall–Kier alpha value is -0.910. The van der Waals surface area contributed by atoms with Crippen molar-refractivity contribution in [1.82, 2.24) is 14.9 Å². The first-order valence-electron chi connectivity index (χ1n) is 6.15. The van der Waals surface area contributed by atoms with Crippen LogP contribution >= 0.6 is 0 Å². The minimum atomic E-state index is 0.647. The van der Waals surface area contributed by atoms with Crippen LogP contribution < -0.4 is 5.32 Å². The van der Waals surface area contributed by atoms with E-state index in [0.29, 0.717) is 19.8 Å². The topological polar surface area (TPSA) is 48.3 Å². The number of imidazole rings is 1. The van der Waals surface area contributed by atoms with Crippen molar-refractivity contribution in [2.75, 3.05) is 33.5 Å². The lowest BCUT2D eigenvalue weighted by Crippen LogP contribution is -2.18.